The Labute approximate surface area is 152 Å². The third kappa shape index (κ3) is 1.28. The summed E-state index contributed by atoms with van der Waals surface area (Å²) in [5, 5.41) is 23.1. The first-order valence-electron chi connectivity index (χ1n) is 8.89. The van der Waals surface area contributed by atoms with Gasteiger partial charge in [-0.15, -0.1) is 0 Å². The van der Waals surface area contributed by atoms with Gasteiger partial charge in [-0.2, -0.15) is 0 Å². The zero-order valence-corrected chi connectivity index (χ0v) is 13.9. The maximum atomic E-state index is 13.0. The molecule has 6 atom stereocenters. The second kappa shape index (κ2) is 4.02. The summed E-state index contributed by atoms with van der Waals surface area (Å²) in [4.78, 5) is 13.0. The van der Waals surface area contributed by atoms with E-state index in [1.54, 1.807) is 12.1 Å². The number of epoxide rings is 2. The van der Waals surface area contributed by atoms with Crippen LogP contribution in [0.2, 0.25) is 0 Å². The zero-order chi connectivity index (χ0) is 18.2. The van der Waals surface area contributed by atoms with Crippen molar-refractivity contribution in [3.05, 3.63) is 48.6 Å². The number of benzene rings is 2. The van der Waals surface area contributed by atoms with E-state index in [-0.39, 0.29) is 0 Å². The van der Waals surface area contributed by atoms with Crippen LogP contribution in [0.1, 0.15) is 0 Å². The number of aliphatic hydroxyl groups excluding tert-OH is 2. The van der Waals surface area contributed by atoms with Crippen molar-refractivity contribution in [2.45, 2.75) is 41.4 Å². The number of carbonyl (C=O) groups is 1. The van der Waals surface area contributed by atoms with Gasteiger partial charge in [0.15, 0.2) is 17.5 Å². The van der Waals surface area contributed by atoms with Gasteiger partial charge in [-0.3, -0.25) is 4.79 Å². The fraction of sp³-hybridized carbons (Fsp3) is 0.350. The van der Waals surface area contributed by atoms with Gasteiger partial charge >= 0.3 is 5.79 Å². The molecule has 2 aromatic rings. The van der Waals surface area contributed by atoms with E-state index in [4.69, 9.17) is 18.9 Å². The number of ether oxygens (including phenoxy) is 4. The molecule has 0 unspecified atom stereocenters. The fourth-order valence-corrected chi connectivity index (χ4v) is 5.30. The minimum absolute atomic E-state index is 0.410. The smallest absolute Gasteiger partial charge is 0.320 e. The van der Waals surface area contributed by atoms with Crippen LogP contribution in [0.4, 0.5) is 0 Å². The first-order chi connectivity index (χ1) is 13.1. The largest absolute Gasteiger partial charge is 0.446 e. The van der Waals surface area contributed by atoms with Gasteiger partial charge in [0.25, 0.3) is 0 Å². The molecular weight excluding hydrogens is 352 g/mol. The highest BCUT2D eigenvalue weighted by Crippen LogP contribution is 2.71. The molecule has 3 heterocycles. The van der Waals surface area contributed by atoms with E-state index in [2.05, 4.69) is 0 Å². The lowest BCUT2D eigenvalue weighted by atomic mass is 9.66. The molecule has 7 rings (SSSR count). The summed E-state index contributed by atoms with van der Waals surface area (Å²) >= 11 is 0. The second-order valence-corrected chi connectivity index (χ2v) is 7.69. The van der Waals surface area contributed by atoms with E-state index in [0.717, 1.165) is 10.8 Å². The first-order valence-corrected chi connectivity index (χ1v) is 8.89. The topological polar surface area (TPSA) is 101 Å². The Kier molecular flexibility index (Phi) is 2.17. The van der Waals surface area contributed by atoms with Gasteiger partial charge in [0.05, 0.1) is 5.39 Å². The zero-order valence-electron chi connectivity index (χ0n) is 13.9. The summed E-state index contributed by atoms with van der Waals surface area (Å²) in [5.41, 5.74) is -3.20. The normalized spacial score (nSPS) is 44.0. The van der Waals surface area contributed by atoms with Crippen molar-refractivity contribution in [2.75, 3.05) is 0 Å². The summed E-state index contributed by atoms with van der Waals surface area (Å²) < 4.78 is 24.2. The van der Waals surface area contributed by atoms with E-state index in [0.29, 0.717) is 11.5 Å². The molecule has 2 N–H and O–H groups in total. The van der Waals surface area contributed by atoms with Crippen LogP contribution in [-0.4, -0.2) is 57.4 Å². The molecule has 0 aromatic heterocycles. The van der Waals surface area contributed by atoms with Gasteiger partial charge in [0, 0.05) is 0 Å². The highest BCUT2D eigenvalue weighted by Gasteiger charge is 2.99. The Morgan fingerprint density at radius 1 is 1.00 bits per heavy atom. The molecule has 0 bridgehead atoms. The Balaban J connectivity index is 1.50. The van der Waals surface area contributed by atoms with Crippen LogP contribution in [-0.2, 0) is 14.3 Å². The standard InChI is InChI=1S/C20H14O7/c21-12-7-8-13(22)19-18(12,27-19)16(23)15-17(24-15)20(19)25-10-5-1-3-9-4-2-6-11(26-20)14(9)10/h1-8,12,15-17,21,23H/t12-,15+,16-,17+,18-,19+/m0/s1. The van der Waals surface area contributed by atoms with Crippen molar-refractivity contribution >= 4 is 16.6 Å². The monoisotopic (exact) mass is 366 g/mol. The van der Waals surface area contributed by atoms with Crippen LogP contribution in [0.3, 0.4) is 0 Å². The summed E-state index contributed by atoms with van der Waals surface area (Å²) in [6.45, 7) is 0. The molecule has 3 fully saturated rings. The molecule has 27 heavy (non-hydrogen) atoms. The Morgan fingerprint density at radius 2 is 1.70 bits per heavy atom. The number of carbonyl (C=O) groups excluding carboxylic acids is 1. The van der Waals surface area contributed by atoms with Gasteiger partial charge in [-0.1, -0.05) is 24.3 Å². The molecule has 3 aliphatic heterocycles. The van der Waals surface area contributed by atoms with E-state index >= 15 is 0 Å². The van der Waals surface area contributed by atoms with Crippen molar-refractivity contribution in [3.63, 3.8) is 0 Å². The van der Waals surface area contributed by atoms with Crippen LogP contribution in [0, 0.1) is 0 Å². The molecule has 7 nitrogen and oxygen atoms in total. The first kappa shape index (κ1) is 14.6. The molecule has 0 radical (unpaired) electrons. The Hall–Kier alpha value is -2.45. The minimum atomic E-state index is -1.67. The van der Waals surface area contributed by atoms with Crippen LogP contribution >= 0.6 is 0 Å². The summed E-state index contributed by atoms with van der Waals surface area (Å²) in [5.74, 6) is -0.916. The molecule has 1 saturated carbocycles. The summed E-state index contributed by atoms with van der Waals surface area (Å²) in [6.07, 6.45) is -1.05. The van der Waals surface area contributed by atoms with Crippen molar-refractivity contribution in [2.24, 2.45) is 0 Å². The van der Waals surface area contributed by atoms with Crippen molar-refractivity contribution < 1.29 is 34.0 Å². The molecule has 2 aliphatic carbocycles. The Bertz CT molecular complexity index is 1050. The van der Waals surface area contributed by atoms with Gasteiger partial charge in [0.1, 0.15) is 29.8 Å². The van der Waals surface area contributed by atoms with Crippen LogP contribution in [0.15, 0.2) is 48.6 Å². The highest BCUT2D eigenvalue weighted by molar-refractivity contribution is 6.05. The van der Waals surface area contributed by atoms with Gasteiger partial charge in [0.2, 0.25) is 5.60 Å². The fourth-order valence-electron chi connectivity index (χ4n) is 5.30. The SMILES string of the molecule is O=C1C=C[C@H](O)[C@@]23O[C@]12C1(Oc2cccc4cccc(c24)O1)[C@@H]1O[C@@H]1[C@@H]3O. The maximum Gasteiger partial charge on any atom is 0.320 e. The predicted molar refractivity (Wildman–Crippen MR) is 89.3 cm³/mol. The molecule has 7 heteroatoms. The molecule has 2 saturated heterocycles. The van der Waals surface area contributed by atoms with E-state index in [1.807, 2.05) is 24.3 Å². The highest BCUT2D eigenvalue weighted by atomic mass is 16.8. The number of hydrogen-bond donors (Lipinski definition) is 2. The summed E-state index contributed by atoms with van der Waals surface area (Å²) in [6, 6.07) is 11.2. The lowest BCUT2D eigenvalue weighted by Crippen LogP contribution is -2.73. The van der Waals surface area contributed by atoms with Crippen molar-refractivity contribution in [1.29, 1.82) is 0 Å². The quantitative estimate of drug-likeness (QED) is 0.653. The average Bonchev–Trinajstić information content (AvgIpc) is 3.57. The molecule has 1 spiro atoms. The van der Waals surface area contributed by atoms with E-state index in [9.17, 15) is 15.0 Å². The summed E-state index contributed by atoms with van der Waals surface area (Å²) in [7, 11) is 0. The third-order valence-electron chi connectivity index (χ3n) is 6.54. The Morgan fingerprint density at radius 3 is 2.41 bits per heavy atom. The third-order valence-corrected chi connectivity index (χ3v) is 6.54. The number of aliphatic hydroxyl groups is 2. The average molecular weight is 366 g/mol. The number of fused-ring (bicyclic) bond motifs is 2. The number of hydrogen-bond acceptors (Lipinski definition) is 7. The van der Waals surface area contributed by atoms with Gasteiger partial charge < -0.3 is 29.2 Å². The molecule has 2 aromatic carbocycles. The molecule has 0 amide bonds. The predicted octanol–water partition coefficient (Wildman–Crippen LogP) is 0.457. The van der Waals surface area contributed by atoms with E-state index < -0.39 is 47.2 Å². The molecule has 136 valence electrons. The van der Waals surface area contributed by atoms with Crippen LogP contribution in [0.25, 0.3) is 10.8 Å². The van der Waals surface area contributed by atoms with Crippen molar-refractivity contribution in [1.82, 2.24) is 0 Å². The number of rotatable bonds is 0. The van der Waals surface area contributed by atoms with Crippen LogP contribution < -0.4 is 9.47 Å². The molecule has 5 aliphatic rings. The number of ketones is 1. The van der Waals surface area contributed by atoms with Gasteiger partial charge in [-0.25, -0.2) is 0 Å². The molecular formula is C20H14O7. The van der Waals surface area contributed by atoms with E-state index in [1.165, 1.54) is 12.2 Å². The lowest BCUT2D eigenvalue weighted by Gasteiger charge is -2.45. The van der Waals surface area contributed by atoms with Crippen LogP contribution in [0.5, 0.6) is 11.5 Å². The maximum absolute atomic E-state index is 13.0. The second-order valence-electron chi connectivity index (χ2n) is 7.69. The van der Waals surface area contributed by atoms with Crippen molar-refractivity contribution in [3.8, 4) is 11.5 Å². The minimum Gasteiger partial charge on any atom is -0.446 e. The van der Waals surface area contributed by atoms with Gasteiger partial charge in [-0.05, 0) is 29.7 Å². The lowest BCUT2D eigenvalue weighted by molar-refractivity contribution is -0.191.